The van der Waals surface area contributed by atoms with E-state index in [-0.39, 0.29) is 11.8 Å². The largest absolute Gasteiger partial charge is 0.385 e. The van der Waals surface area contributed by atoms with Crippen molar-refractivity contribution in [2.45, 2.75) is 44.6 Å². The smallest absolute Gasteiger partial charge is 0.219 e. The lowest BCUT2D eigenvalue weighted by Gasteiger charge is -2.31. The Hall–Kier alpha value is -1.39. The fourth-order valence-corrected chi connectivity index (χ4v) is 5.16. The third kappa shape index (κ3) is 3.22. The van der Waals surface area contributed by atoms with E-state index < -0.39 is 5.60 Å². The van der Waals surface area contributed by atoms with E-state index in [0.717, 1.165) is 37.9 Å². The van der Waals surface area contributed by atoms with Gasteiger partial charge in [-0.05, 0) is 62.2 Å². The summed E-state index contributed by atoms with van der Waals surface area (Å²) in [6, 6.07) is 8.62. The Kier molecular flexibility index (Phi) is 4.59. The van der Waals surface area contributed by atoms with Gasteiger partial charge in [-0.25, -0.2) is 0 Å². The van der Waals surface area contributed by atoms with Gasteiger partial charge >= 0.3 is 0 Å². The maximum Gasteiger partial charge on any atom is 0.219 e. The quantitative estimate of drug-likeness (QED) is 0.914. The third-order valence-electron chi connectivity index (χ3n) is 6.77. The number of hydrogen-bond acceptors (Lipinski definition) is 3. The van der Waals surface area contributed by atoms with E-state index >= 15 is 0 Å². The first-order valence-corrected chi connectivity index (χ1v) is 9.86. The minimum atomic E-state index is -0.762. The van der Waals surface area contributed by atoms with Gasteiger partial charge in [0.2, 0.25) is 5.91 Å². The maximum atomic E-state index is 11.7. The number of amides is 1. The van der Waals surface area contributed by atoms with E-state index in [2.05, 4.69) is 29.2 Å². The van der Waals surface area contributed by atoms with Crippen molar-refractivity contribution in [2.24, 2.45) is 11.8 Å². The Morgan fingerprint density at radius 3 is 2.60 bits per heavy atom. The summed E-state index contributed by atoms with van der Waals surface area (Å²) in [5.74, 6) is 0.768. The second-order valence-corrected chi connectivity index (χ2v) is 8.25. The third-order valence-corrected chi connectivity index (χ3v) is 6.77. The SMILES string of the molecule is CC(=O)N1CC2CCC(O)(c3ccc(CCN4CCCC4)cc3)C2C1. The molecule has 2 aliphatic heterocycles. The fourth-order valence-electron chi connectivity index (χ4n) is 5.16. The van der Waals surface area contributed by atoms with Crippen LogP contribution < -0.4 is 0 Å². The number of aliphatic hydroxyl groups is 1. The first kappa shape index (κ1) is 17.0. The van der Waals surface area contributed by atoms with Crippen LogP contribution in [0, 0.1) is 11.8 Å². The van der Waals surface area contributed by atoms with Crippen LogP contribution in [0.3, 0.4) is 0 Å². The van der Waals surface area contributed by atoms with Crippen LogP contribution in [-0.4, -0.2) is 53.5 Å². The predicted molar refractivity (Wildman–Crippen MR) is 98.2 cm³/mol. The van der Waals surface area contributed by atoms with Crippen LogP contribution in [-0.2, 0) is 16.8 Å². The highest BCUT2D eigenvalue weighted by molar-refractivity contribution is 5.73. The van der Waals surface area contributed by atoms with E-state index in [1.807, 2.05) is 4.90 Å². The van der Waals surface area contributed by atoms with Crippen LogP contribution in [0.4, 0.5) is 0 Å². The van der Waals surface area contributed by atoms with Gasteiger partial charge in [0.25, 0.3) is 0 Å². The zero-order valence-electron chi connectivity index (χ0n) is 15.3. The van der Waals surface area contributed by atoms with Crippen LogP contribution in [0.1, 0.15) is 43.7 Å². The Balaban J connectivity index is 1.43. The fraction of sp³-hybridized carbons (Fsp3) is 0.667. The first-order valence-electron chi connectivity index (χ1n) is 9.86. The maximum absolute atomic E-state index is 11.7. The number of carbonyl (C=O) groups is 1. The Bertz CT molecular complexity index is 623. The van der Waals surface area contributed by atoms with Crippen LogP contribution >= 0.6 is 0 Å². The molecule has 1 aromatic carbocycles. The van der Waals surface area contributed by atoms with E-state index in [9.17, 15) is 9.90 Å². The summed E-state index contributed by atoms with van der Waals surface area (Å²) >= 11 is 0. The topological polar surface area (TPSA) is 43.8 Å². The number of fused-ring (bicyclic) bond motifs is 1. The molecule has 3 fully saturated rings. The summed E-state index contributed by atoms with van der Waals surface area (Å²) in [5, 5.41) is 11.4. The number of nitrogens with zero attached hydrogens (tertiary/aromatic N) is 2. The second kappa shape index (κ2) is 6.73. The summed E-state index contributed by atoms with van der Waals surface area (Å²) in [6.45, 7) is 6.78. The summed E-state index contributed by atoms with van der Waals surface area (Å²) in [7, 11) is 0. The lowest BCUT2D eigenvalue weighted by Crippen LogP contribution is -2.35. The van der Waals surface area contributed by atoms with Crippen molar-refractivity contribution in [3.63, 3.8) is 0 Å². The van der Waals surface area contributed by atoms with E-state index in [0.29, 0.717) is 12.5 Å². The molecule has 1 N–H and O–H groups in total. The van der Waals surface area contributed by atoms with Crippen LogP contribution in [0.5, 0.6) is 0 Å². The molecule has 3 aliphatic rings. The summed E-state index contributed by atoms with van der Waals surface area (Å²) in [5.41, 5.74) is 1.63. The van der Waals surface area contributed by atoms with Gasteiger partial charge in [-0.3, -0.25) is 4.79 Å². The van der Waals surface area contributed by atoms with Gasteiger partial charge in [-0.2, -0.15) is 0 Å². The molecule has 2 saturated heterocycles. The van der Waals surface area contributed by atoms with Crippen molar-refractivity contribution in [3.05, 3.63) is 35.4 Å². The van der Waals surface area contributed by atoms with Gasteiger partial charge in [-0.1, -0.05) is 24.3 Å². The molecule has 0 bridgehead atoms. The molecule has 0 spiro atoms. The number of carbonyl (C=O) groups excluding carboxylic acids is 1. The van der Waals surface area contributed by atoms with Crippen molar-refractivity contribution in [2.75, 3.05) is 32.7 Å². The molecule has 1 aliphatic carbocycles. The average Bonchev–Trinajstić information content (AvgIpc) is 3.32. The minimum absolute atomic E-state index is 0.133. The van der Waals surface area contributed by atoms with E-state index in [1.54, 1.807) is 6.92 Å². The Morgan fingerprint density at radius 1 is 1.20 bits per heavy atom. The molecule has 1 saturated carbocycles. The van der Waals surface area contributed by atoms with Crippen LogP contribution in [0.15, 0.2) is 24.3 Å². The second-order valence-electron chi connectivity index (χ2n) is 8.25. The first-order chi connectivity index (χ1) is 12.1. The molecule has 3 atom stereocenters. The molecule has 3 unspecified atom stereocenters. The highest BCUT2D eigenvalue weighted by Crippen LogP contribution is 2.50. The van der Waals surface area contributed by atoms with Gasteiger partial charge in [-0.15, -0.1) is 0 Å². The van der Waals surface area contributed by atoms with Crippen molar-refractivity contribution < 1.29 is 9.90 Å². The zero-order valence-corrected chi connectivity index (χ0v) is 15.3. The van der Waals surface area contributed by atoms with Crippen molar-refractivity contribution in [1.29, 1.82) is 0 Å². The van der Waals surface area contributed by atoms with Gasteiger partial charge < -0.3 is 14.9 Å². The van der Waals surface area contributed by atoms with Gasteiger partial charge in [0.15, 0.2) is 0 Å². The molecule has 2 heterocycles. The normalized spacial score (nSPS) is 32.3. The Labute approximate surface area is 150 Å². The molecule has 0 radical (unpaired) electrons. The number of rotatable bonds is 4. The Morgan fingerprint density at radius 2 is 1.92 bits per heavy atom. The highest BCUT2D eigenvalue weighted by Gasteiger charge is 2.52. The highest BCUT2D eigenvalue weighted by atomic mass is 16.3. The van der Waals surface area contributed by atoms with Crippen LogP contribution in [0.2, 0.25) is 0 Å². The molecule has 4 nitrogen and oxygen atoms in total. The minimum Gasteiger partial charge on any atom is -0.385 e. The average molecular weight is 342 g/mol. The molecular weight excluding hydrogens is 312 g/mol. The van der Waals surface area contributed by atoms with E-state index in [4.69, 9.17) is 0 Å². The number of benzene rings is 1. The lowest BCUT2D eigenvalue weighted by atomic mass is 9.82. The molecular formula is C21H30N2O2. The molecule has 136 valence electrons. The van der Waals surface area contributed by atoms with Crippen molar-refractivity contribution >= 4 is 5.91 Å². The van der Waals surface area contributed by atoms with Crippen LogP contribution in [0.25, 0.3) is 0 Å². The van der Waals surface area contributed by atoms with Crippen molar-refractivity contribution in [1.82, 2.24) is 9.80 Å². The number of likely N-dealkylation sites (tertiary alicyclic amines) is 2. The van der Waals surface area contributed by atoms with Gasteiger partial charge in [0.1, 0.15) is 0 Å². The van der Waals surface area contributed by atoms with E-state index in [1.165, 1.54) is 31.5 Å². The zero-order chi connectivity index (χ0) is 17.4. The van der Waals surface area contributed by atoms with Crippen molar-refractivity contribution in [3.8, 4) is 0 Å². The summed E-state index contributed by atoms with van der Waals surface area (Å²) < 4.78 is 0. The van der Waals surface area contributed by atoms with Gasteiger partial charge in [0.05, 0.1) is 5.60 Å². The van der Waals surface area contributed by atoms with Gasteiger partial charge in [0, 0.05) is 32.5 Å². The lowest BCUT2D eigenvalue weighted by molar-refractivity contribution is -0.128. The molecule has 1 amide bonds. The molecule has 1 aromatic rings. The molecule has 25 heavy (non-hydrogen) atoms. The molecule has 4 rings (SSSR count). The predicted octanol–water partition coefficient (Wildman–Crippen LogP) is 2.40. The number of hydrogen-bond donors (Lipinski definition) is 1. The standard InChI is InChI=1S/C21H30N2O2/c1-16(24)23-14-18-8-10-21(25,20(18)15-23)19-6-4-17(5-7-19)9-13-22-11-2-3-12-22/h4-7,18,20,25H,2-3,8-15H2,1H3. The molecule has 0 aromatic heterocycles. The monoisotopic (exact) mass is 342 g/mol. The summed E-state index contributed by atoms with van der Waals surface area (Å²) in [4.78, 5) is 16.1. The molecule has 4 heteroatoms. The summed E-state index contributed by atoms with van der Waals surface area (Å²) in [6.07, 6.45) is 5.60.